The van der Waals surface area contributed by atoms with E-state index < -0.39 is 0 Å². The SMILES string of the molecule is O=C1COc2ccc(-c3csc(=Nc4ccccc4F)n3N=CC3CCCCC3)cc2N1. The number of rotatable bonds is 4. The van der Waals surface area contributed by atoms with Crippen LogP contribution < -0.4 is 14.9 Å². The van der Waals surface area contributed by atoms with Gasteiger partial charge in [0, 0.05) is 17.2 Å². The zero-order chi connectivity index (χ0) is 21.9. The molecule has 1 fully saturated rings. The van der Waals surface area contributed by atoms with E-state index in [9.17, 15) is 9.18 Å². The van der Waals surface area contributed by atoms with Gasteiger partial charge >= 0.3 is 0 Å². The molecule has 1 N–H and O–H groups in total. The van der Waals surface area contributed by atoms with Crippen LogP contribution in [-0.4, -0.2) is 23.4 Å². The van der Waals surface area contributed by atoms with E-state index in [1.165, 1.54) is 36.7 Å². The molecule has 0 saturated heterocycles. The van der Waals surface area contributed by atoms with Crippen LogP contribution in [-0.2, 0) is 4.79 Å². The van der Waals surface area contributed by atoms with Crippen molar-refractivity contribution in [1.29, 1.82) is 0 Å². The van der Waals surface area contributed by atoms with Gasteiger partial charge in [0.25, 0.3) is 5.91 Å². The fourth-order valence-electron chi connectivity index (χ4n) is 4.02. The topological polar surface area (TPSA) is 68.0 Å². The molecule has 2 heterocycles. The molecule has 6 nitrogen and oxygen atoms in total. The van der Waals surface area contributed by atoms with Crippen LogP contribution in [0.15, 0.2) is 57.9 Å². The van der Waals surface area contributed by atoms with Crippen molar-refractivity contribution in [3.8, 4) is 17.0 Å². The maximum Gasteiger partial charge on any atom is 0.262 e. The van der Waals surface area contributed by atoms with Gasteiger partial charge in [0.1, 0.15) is 17.3 Å². The number of nitrogens with zero attached hydrogens (tertiary/aromatic N) is 3. The van der Waals surface area contributed by atoms with E-state index in [0.29, 0.717) is 22.2 Å². The Bertz CT molecular complexity index is 1240. The first kappa shape index (κ1) is 20.6. The number of fused-ring (bicyclic) bond motifs is 1. The Balaban J connectivity index is 1.59. The van der Waals surface area contributed by atoms with Gasteiger partial charge in [0.2, 0.25) is 4.80 Å². The Labute approximate surface area is 189 Å². The summed E-state index contributed by atoms with van der Waals surface area (Å²) in [6.45, 7) is 0.0160. The number of benzene rings is 2. The maximum absolute atomic E-state index is 14.2. The molecule has 8 heteroatoms. The summed E-state index contributed by atoms with van der Waals surface area (Å²) in [6, 6.07) is 12.1. The van der Waals surface area contributed by atoms with Gasteiger partial charge in [0.15, 0.2) is 6.61 Å². The van der Waals surface area contributed by atoms with Crippen LogP contribution in [0.1, 0.15) is 32.1 Å². The van der Waals surface area contributed by atoms with Crippen LogP contribution in [0, 0.1) is 11.7 Å². The smallest absolute Gasteiger partial charge is 0.262 e. The summed E-state index contributed by atoms with van der Waals surface area (Å²) >= 11 is 1.40. The van der Waals surface area contributed by atoms with E-state index in [1.54, 1.807) is 22.9 Å². The van der Waals surface area contributed by atoms with Crippen LogP contribution in [0.3, 0.4) is 0 Å². The summed E-state index contributed by atoms with van der Waals surface area (Å²) in [6.07, 6.45) is 7.97. The number of hydrogen-bond donors (Lipinski definition) is 1. The number of ether oxygens (including phenoxy) is 1. The molecule has 0 spiro atoms. The van der Waals surface area contributed by atoms with Gasteiger partial charge < -0.3 is 10.1 Å². The first-order chi connectivity index (χ1) is 15.7. The number of halogens is 1. The number of aromatic nitrogens is 1. The van der Waals surface area contributed by atoms with E-state index in [-0.39, 0.29) is 24.0 Å². The van der Waals surface area contributed by atoms with Crippen LogP contribution in [0.5, 0.6) is 5.75 Å². The average molecular weight is 451 g/mol. The van der Waals surface area contributed by atoms with E-state index in [2.05, 4.69) is 10.3 Å². The predicted octanol–water partition coefficient (Wildman–Crippen LogP) is 5.33. The zero-order valence-corrected chi connectivity index (χ0v) is 18.3. The number of anilines is 1. The van der Waals surface area contributed by atoms with Crippen molar-refractivity contribution in [2.75, 3.05) is 11.9 Å². The molecule has 32 heavy (non-hydrogen) atoms. The normalized spacial score (nSPS) is 17.3. The molecule has 1 saturated carbocycles. The molecule has 164 valence electrons. The zero-order valence-electron chi connectivity index (χ0n) is 17.5. The van der Waals surface area contributed by atoms with E-state index >= 15 is 0 Å². The molecule has 0 bridgehead atoms. The molecular formula is C24H23FN4O2S. The lowest BCUT2D eigenvalue weighted by molar-refractivity contribution is -0.118. The average Bonchev–Trinajstić information content (AvgIpc) is 3.21. The van der Waals surface area contributed by atoms with Crippen molar-refractivity contribution in [2.45, 2.75) is 32.1 Å². The Hall–Kier alpha value is -3.26. The summed E-state index contributed by atoms with van der Waals surface area (Å²) < 4.78 is 21.5. The van der Waals surface area contributed by atoms with Gasteiger partial charge in [-0.25, -0.2) is 14.1 Å². The van der Waals surface area contributed by atoms with Gasteiger partial charge in [-0.05, 0) is 49.1 Å². The van der Waals surface area contributed by atoms with Crippen molar-refractivity contribution in [3.63, 3.8) is 0 Å². The van der Waals surface area contributed by atoms with Gasteiger partial charge in [-0.15, -0.1) is 11.3 Å². The minimum atomic E-state index is -0.376. The third-order valence-corrected chi connectivity index (χ3v) is 6.52. The van der Waals surface area contributed by atoms with Crippen LogP contribution in [0.2, 0.25) is 0 Å². The Morgan fingerprint density at radius 2 is 2.00 bits per heavy atom. The van der Waals surface area contributed by atoms with Crippen molar-refractivity contribution in [3.05, 3.63) is 58.5 Å². The molecule has 2 aliphatic rings. The first-order valence-electron chi connectivity index (χ1n) is 10.8. The van der Waals surface area contributed by atoms with Crippen LogP contribution in [0.4, 0.5) is 15.8 Å². The van der Waals surface area contributed by atoms with Gasteiger partial charge in [0.05, 0.1) is 11.4 Å². The molecule has 1 amide bonds. The second-order valence-corrected chi connectivity index (χ2v) is 8.83. The summed E-state index contributed by atoms with van der Waals surface area (Å²) in [5.41, 5.74) is 2.58. The Morgan fingerprint density at radius 1 is 1.16 bits per heavy atom. The Kier molecular flexibility index (Phi) is 5.85. The van der Waals surface area contributed by atoms with Crippen molar-refractivity contribution in [1.82, 2.24) is 4.68 Å². The van der Waals surface area contributed by atoms with Crippen LogP contribution in [0.25, 0.3) is 11.3 Å². The van der Waals surface area contributed by atoms with Gasteiger partial charge in [-0.1, -0.05) is 31.4 Å². The highest BCUT2D eigenvalue weighted by Gasteiger charge is 2.18. The summed E-state index contributed by atoms with van der Waals surface area (Å²) in [7, 11) is 0. The number of para-hydroxylation sites is 1. The van der Waals surface area contributed by atoms with E-state index in [0.717, 1.165) is 24.1 Å². The highest BCUT2D eigenvalue weighted by Crippen LogP contribution is 2.33. The molecular weight excluding hydrogens is 427 g/mol. The lowest BCUT2D eigenvalue weighted by Gasteiger charge is -2.19. The Morgan fingerprint density at radius 3 is 2.84 bits per heavy atom. The minimum Gasteiger partial charge on any atom is -0.482 e. The monoisotopic (exact) mass is 450 g/mol. The van der Waals surface area contributed by atoms with Crippen molar-refractivity contribution < 1.29 is 13.9 Å². The number of hydrogen-bond acceptors (Lipinski definition) is 5. The fourth-order valence-corrected chi connectivity index (χ4v) is 4.87. The first-order valence-corrected chi connectivity index (χ1v) is 11.7. The lowest BCUT2D eigenvalue weighted by Crippen LogP contribution is -2.25. The summed E-state index contributed by atoms with van der Waals surface area (Å²) in [4.78, 5) is 16.9. The largest absolute Gasteiger partial charge is 0.482 e. The summed E-state index contributed by atoms with van der Waals surface area (Å²) in [5.74, 6) is 0.510. The number of amides is 1. The number of carbonyl (C=O) groups is 1. The molecule has 5 rings (SSSR count). The standard InChI is InChI=1S/C24H23FN4O2S/c25-18-8-4-5-9-19(18)28-24-29(26-13-16-6-2-1-3-7-16)21(15-32-24)17-10-11-22-20(12-17)27-23(30)14-31-22/h4-5,8-13,15-16H,1-3,6-7,14H2,(H,27,30). The third kappa shape index (κ3) is 4.36. The second-order valence-electron chi connectivity index (χ2n) is 7.99. The highest BCUT2D eigenvalue weighted by atomic mass is 32.1. The lowest BCUT2D eigenvalue weighted by atomic mass is 9.90. The van der Waals surface area contributed by atoms with Crippen molar-refractivity contribution >= 4 is 34.8 Å². The van der Waals surface area contributed by atoms with E-state index in [1.807, 2.05) is 29.8 Å². The number of nitrogens with one attached hydrogen (secondary N) is 1. The van der Waals surface area contributed by atoms with Gasteiger partial charge in [-0.3, -0.25) is 4.79 Å². The molecule has 2 aromatic carbocycles. The molecule has 1 aliphatic heterocycles. The fraction of sp³-hybridized carbons (Fsp3) is 0.292. The molecule has 1 aromatic heterocycles. The molecule has 0 atom stereocenters. The highest BCUT2D eigenvalue weighted by molar-refractivity contribution is 7.07. The third-order valence-electron chi connectivity index (χ3n) is 5.70. The van der Waals surface area contributed by atoms with Crippen molar-refractivity contribution in [2.24, 2.45) is 16.0 Å². The van der Waals surface area contributed by atoms with E-state index in [4.69, 9.17) is 9.84 Å². The van der Waals surface area contributed by atoms with Gasteiger partial charge in [-0.2, -0.15) is 5.10 Å². The second kappa shape index (κ2) is 9.08. The number of carbonyl (C=O) groups excluding carboxylic acids is 1. The molecule has 0 unspecified atom stereocenters. The van der Waals surface area contributed by atoms with Crippen LogP contribution >= 0.6 is 11.3 Å². The predicted molar refractivity (Wildman–Crippen MR) is 124 cm³/mol. The molecule has 1 aliphatic carbocycles. The molecule has 0 radical (unpaired) electrons. The minimum absolute atomic E-state index is 0.0160. The maximum atomic E-state index is 14.2. The molecule has 3 aromatic rings. The quantitative estimate of drug-likeness (QED) is 0.546. The number of thiazole rings is 1. The summed E-state index contributed by atoms with van der Waals surface area (Å²) in [5, 5.41) is 9.58.